The van der Waals surface area contributed by atoms with E-state index in [4.69, 9.17) is 9.15 Å². The zero-order chi connectivity index (χ0) is 20.1. The van der Waals surface area contributed by atoms with Crippen molar-refractivity contribution in [2.75, 3.05) is 11.9 Å². The highest BCUT2D eigenvalue weighted by molar-refractivity contribution is 5.92. The summed E-state index contributed by atoms with van der Waals surface area (Å²) in [5.41, 5.74) is 2.01. The molecule has 0 spiro atoms. The second-order valence-electron chi connectivity index (χ2n) is 7.41. The Hall–Kier alpha value is -3.52. The summed E-state index contributed by atoms with van der Waals surface area (Å²) in [5.74, 6) is 0.912. The lowest BCUT2D eigenvalue weighted by Gasteiger charge is -2.22. The molecule has 0 radical (unpaired) electrons. The maximum Gasteiger partial charge on any atom is 0.264 e. The number of hydrogen-bond acceptors (Lipinski definition) is 4. The quantitative estimate of drug-likeness (QED) is 0.671. The Kier molecular flexibility index (Phi) is 5.51. The molecular formula is C23H22N2O3. The first-order chi connectivity index (χ1) is 13.4. The number of amides is 1. The molecule has 1 heterocycles. The fraction of sp³-hybridized carbons (Fsp3) is 0.217. The lowest BCUT2D eigenvalue weighted by atomic mass is 9.86. The molecule has 1 N–H and O–H groups in total. The molecule has 1 amide bonds. The van der Waals surface area contributed by atoms with E-state index < -0.39 is 5.91 Å². The van der Waals surface area contributed by atoms with Crippen LogP contribution in [0.15, 0.2) is 65.1 Å². The van der Waals surface area contributed by atoms with Crippen LogP contribution in [0.2, 0.25) is 0 Å². The van der Waals surface area contributed by atoms with Gasteiger partial charge in [0.25, 0.3) is 5.91 Å². The zero-order valence-corrected chi connectivity index (χ0v) is 16.2. The normalized spacial score (nSPS) is 10.9. The molecule has 1 aromatic heterocycles. The molecule has 5 nitrogen and oxygen atoms in total. The van der Waals surface area contributed by atoms with E-state index in [2.05, 4.69) is 26.1 Å². The van der Waals surface area contributed by atoms with Gasteiger partial charge in [-0.1, -0.05) is 69.3 Å². The molecule has 3 rings (SSSR count). The monoisotopic (exact) mass is 374 g/mol. The number of carbonyl (C=O) groups is 1. The van der Waals surface area contributed by atoms with Crippen molar-refractivity contribution in [3.05, 3.63) is 71.8 Å². The number of furan rings is 1. The minimum absolute atomic E-state index is 0.105. The van der Waals surface area contributed by atoms with Gasteiger partial charge in [0.15, 0.2) is 6.61 Å². The van der Waals surface area contributed by atoms with Gasteiger partial charge in [-0.2, -0.15) is 5.26 Å². The highest BCUT2D eigenvalue weighted by Gasteiger charge is 2.20. The summed E-state index contributed by atoms with van der Waals surface area (Å²) < 4.78 is 11.4. The summed E-state index contributed by atoms with van der Waals surface area (Å²) in [4.78, 5) is 12.4. The van der Waals surface area contributed by atoms with Crippen molar-refractivity contribution < 1.29 is 13.9 Å². The van der Waals surface area contributed by atoms with Crippen molar-refractivity contribution in [1.82, 2.24) is 0 Å². The molecule has 142 valence electrons. The van der Waals surface area contributed by atoms with Crippen molar-refractivity contribution in [3.63, 3.8) is 0 Å². The first-order valence-corrected chi connectivity index (χ1v) is 9.00. The topological polar surface area (TPSA) is 75.3 Å². The number of carbonyl (C=O) groups excluding carboxylic acids is 1. The second kappa shape index (κ2) is 8.01. The maximum atomic E-state index is 12.4. The Balaban J connectivity index is 1.71. The Labute approximate surface area is 164 Å². The Morgan fingerprint density at radius 2 is 1.79 bits per heavy atom. The first-order valence-electron chi connectivity index (χ1n) is 9.00. The van der Waals surface area contributed by atoms with Crippen molar-refractivity contribution in [1.29, 1.82) is 5.26 Å². The number of benzene rings is 2. The van der Waals surface area contributed by atoms with Crippen LogP contribution in [-0.2, 0) is 10.2 Å². The molecule has 0 aliphatic heterocycles. The lowest BCUT2D eigenvalue weighted by Crippen LogP contribution is -2.22. The predicted octanol–water partition coefficient (Wildman–Crippen LogP) is 5.13. The lowest BCUT2D eigenvalue weighted by molar-refractivity contribution is -0.118. The third-order valence-electron chi connectivity index (χ3n) is 4.22. The minimum atomic E-state index is -0.394. The van der Waals surface area contributed by atoms with Gasteiger partial charge in [-0.15, -0.1) is 0 Å². The van der Waals surface area contributed by atoms with Gasteiger partial charge in [-0.05, 0) is 17.0 Å². The number of ether oxygens (including phenoxy) is 1. The first kappa shape index (κ1) is 19.2. The third kappa shape index (κ3) is 4.41. The average Bonchev–Trinajstić information content (AvgIpc) is 3.09. The van der Waals surface area contributed by atoms with Crippen LogP contribution >= 0.6 is 0 Å². The summed E-state index contributed by atoms with van der Waals surface area (Å²) in [5, 5.41) is 12.0. The standard InChI is InChI=1S/C23H22N2O3/c1-23(2,3)18-11-7-8-12-19(18)27-15-21(26)25-22-17(14-24)13-20(28-22)16-9-5-4-6-10-16/h4-13H,15H2,1-3H3,(H,25,26). The van der Waals surface area contributed by atoms with Gasteiger partial charge in [0.1, 0.15) is 23.1 Å². The number of nitrogens with zero attached hydrogens (tertiary/aromatic N) is 1. The number of nitrogens with one attached hydrogen (secondary N) is 1. The zero-order valence-electron chi connectivity index (χ0n) is 16.2. The minimum Gasteiger partial charge on any atom is -0.483 e. The van der Waals surface area contributed by atoms with Gasteiger partial charge in [0.2, 0.25) is 5.88 Å². The van der Waals surface area contributed by atoms with Crippen molar-refractivity contribution >= 4 is 11.8 Å². The average molecular weight is 374 g/mol. The highest BCUT2D eigenvalue weighted by Crippen LogP contribution is 2.31. The molecular weight excluding hydrogens is 352 g/mol. The van der Waals surface area contributed by atoms with E-state index in [1.165, 1.54) is 0 Å². The van der Waals surface area contributed by atoms with Crippen LogP contribution in [0.4, 0.5) is 5.88 Å². The molecule has 0 unspecified atom stereocenters. The van der Waals surface area contributed by atoms with Crippen molar-refractivity contribution in [2.45, 2.75) is 26.2 Å². The molecule has 0 saturated heterocycles. The number of anilines is 1. The van der Waals surface area contributed by atoms with Crippen LogP contribution in [0.5, 0.6) is 5.75 Å². The van der Waals surface area contributed by atoms with Crippen LogP contribution in [0.25, 0.3) is 11.3 Å². The molecule has 3 aromatic rings. The Morgan fingerprint density at radius 3 is 2.46 bits per heavy atom. The van der Waals surface area contributed by atoms with Gasteiger partial charge < -0.3 is 9.15 Å². The van der Waals surface area contributed by atoms with E-state index in [9.17, 15) is 10.1 Å². The summed E-state index contributed by atoms with van der Waals surface area (Å²) in [6, 6.07) is 20.7. The molecule has 2 aromatic carbocycles. The largest absolute Gasteiger partial charge is 0.483 e. The molecule has 0 aliphatic carbocycles. The summed E-state index contributed by atoms with van der Waals surface area (Å²) in [6.45, 7) is 6.08. The smallest absolute Gasteiger partial charge is 0.264 e. The number of hydrogen-bond donors (Lipinski definition) is 1. The molecule has 0 aliphatic rings. The Bertz CT molecular complexity index is 1010. The van der Waals surface area contributed by atoms with Gasteiger partial charge >= 0.3 is 0 Å². The van der Waals surface area contributed by atoms with E-state index in [0.29, 0.717) is 11.5 Å². The van der Waals surface area contributed by atoms with Crippen molar-refractivity contribution in [2.24, 2.45) is 0 Å². The van der Waals surface area contributed by atoms with Gasteiger partial charge in [-0.25, -0.2) is 0 Å². The summed E-state index contributed by atoms with van der Waals surface area (Å²) >= 11 is 0. The Morgan fingerprint density at radius 1 is 1.11 bits per heavy atom. The molecule has 5 heteroatoms. The summed E-state index contributed by atoms with van der Waals surface area (Å²) in [7, 11) is 0. The third-order valence-corrected chi connectivity index (χ3v) is 4.22. The van der Waals surface area contributed by atoms with Gasteiger partial charge in [-0.3, -0.25) is 10.1 Å². The molecule has 0 fully saturated rings. The highest BCUT2D eigenvalue weighted by atomic mass is 16.5. The van der Waals surface area contributed by atoms with E-state index in [0.717, 1.165) is 11.1 Å². The van der Waals surface area contributed by atoms with Crippen LogP contribution < -0.4 is 10.1 Å². The van der Waals surface area contributed by atoms with E-state index in [-0.39, 0.29) is 23.5 Å². The van der Waals surface area contributed by atoms with Crippen molar-refractivity contribution in [3.8, 4) is 23.1 Å². The molecule has 0 saturated carbocycles. The number of rotatable bonds is 5. The van der Waals surface area contributed by atoms with E-state index >= 15 is 0 Å². The van der Waals surface area contributed by atoms with Crippen LogP contribution in [0.3, 0.4) is 0 Å². The number of para-hydroxylation sites is 1. The maximum absolute atomic E-state index is 12.4. The van der Waals surface area contributed by atoms with Crippen LogP contribution in [-0.4, -0.2) is 12.5 Å². The number of nitriles is 1. The summed E-state index contributed by atoms with van der Waals surface area (Å²) in [6.07, 6.45) is 0. The molecule has 0 bridgehead atoms. The molecule has 0 atom stereocenters. The second-order valence-corrected chi connectivity index (χ2v) is 7.41. The van der Waals surface area contributed by atoms with Crippen LogP contribution in [0, 0.1) is 11.3 Å². The van der Waals surface area contributed by atoms with Crippen LogP contribution in [0.1, 0.15) is 31.9 Å². The fourth-order valence-corrected chi connectivity index (χ4v) is 2.83. The van der Waals surface area contributed by atoms with Gasteiger partial charge in [0.05, 0.1) is 0 Å². The SMILES string of the molecule is CC(C)(C)c1ccccc1OCC(=O)Nc1oc(-c2ccccc2)cc1C#N. The van der Waals surface area contributed by atoms with E-state index in [1.54, 1.807) is 6.07 Å². The predicted molar refractivity (Wildman–Crippen MR) is 108 cm³/mol. The fourth-order valence-electron chi connectivity index (χ4n) is 2.83. The molecule has 28 heavy (non-hydrogen) atoms. The van der Waals surface area contributed by atoms with E-state index in [1.807, 2.05) is 60.7 Å². The van der Waals surface area contributed by atoms with Gasteiger partial charge in [0, 0.05) is 11.6 Å².